The van der Waals surface area contributed by atoms with Gasteiger partial charge in [-0.3, -0.25) is 19.3 Å². The molecule has 1 fully saturated rings. The Morgan fingerprint density at radius 2 is 1.86 bits per heavy atom. The molecule has 1 saturated heterocycles. The topological polar surface area (TPSA) is 66.9 Å². The van der Waals surface area contributed by atoms with Gasteiger partial charge in [0.15, 0.2) is 0 Å². The highest BCUT2D eigenvalue weighted by molar-refractivity contribution is 6.22. The van der Waals surface area contributed by atoms with E-state index in [2.05, 4.69) is 0 Å². The number of rotatable bonds is 2. The van der Waals surface area contributed by atoms with E-state index in [1.54, 1.807) is 36.1 Å². The molecular weight excluding hydrogens is 272 g/mol. The second-order valence-corrected chi connectivity index (χ2v) is 5.15. The van der Waals surface area contributed by atoms with Crippen molar-refractivity contribution in [3.8, 4) is 0 Å². The van der Waals surface area contributed by atoms with Gasteiger partial charge >= 0.3 is 0 Å². The predicted molar refractivity (Wildman–Crippen MR) is 73.6 cm³/mol. The minimum Gasteiger partial charge on any atom is -0.359 e. The summed E-state index contributed by atoms with van der Waals surface area (Å²) in [5.41, 5.74) is 0.719. The predicted octanol–water partition coefficient (Wildman–Crippen LogP) is 0.877. The van der Waals surface area contributed by atoms with Gasteiger partial charge in [-0.25, -0.2) is 0 Å². The van der Waals surface area contributed by atoms with E-state index < -0.39 is 11.8 Å². The molecule has 1 atom stereocenters. The van der Waals surface area contributed by atoms with Crippen LogP contribution in [0.2, 0.25) is 0 Å². The lowest BCUT2D eigenvalue weighted by molar-refractivity contribution is -0.152. The third-order valence-corrected chi connectivity index (χ3v) is 3.83. The van der Waals surface area contributed by atoms with Crippen molar-refractivity contribution in [1.29, 1.82) is 0 Å². The van der Waals surface area contributed by atoms with Crippen molar-refractivity contribution in [1.82, 2.24) is 9.80 Å². The van der Waals surface area contributed by atoms with Crippen LogP contribution in [0.3, 0.4) is 0 Å². The van der Waals surface area contributed by atoms with Crippen molar-refractivity contribution in [2.24, 2.45) is 0 Å². The van der Waals surface area contributed by atoms with Crippen molar-refractivity contribution < 1.29 is 19.1 Å². The van der Waals surface area contributed by atoms with Gasteiger partial charge in [0.1, 0.15) is 12.8 Å². The van der Waals surface area contributed by atoms with Crippen LogP contribution in [0.15, 0.2) is 24.3 Å². The first-order chi connectivity index (χ1) is 10.1. The summed E-state index contributed by atoms with van der Waals surface area (Å²) < 4.78 is 5.41. The van der Waals surface area contributed by atoms with Crippen LogP contribution in [0.25, 0.3) is 0 Å². The lowest BCUT2D eigenvalue weighted by Gasteiger charge is -2.34. The lowest BCUT2D eigenvalue weighted by atomic mass is 10.1. The molecule has 0 N–H and O–H groups in total. The summed E-state index contributed by atoms with van der Waals surface area (Å²) in [6.07, 6.45) is 0.444. The molecule has 3 amide bonds. The monoisotopic (exact) mass is 288 g/mol. The number of amides is 3. The van der Waals surface area contributed by atoms with Gasteiger partial charge in [0, 0.05) is 6.54 Å². The molecule has 0 bridgehead atoms. The van der Waals surface area contributed by atoms with Crippen LogP contribution in [0.1, 0.15) is 34.1 Å². The molecule has 1 unspecified atom stereocenters. The molecule has 2 aliphatic heterocycles. The summed E-state index contributed by atoms with van der Waals surface area (Å²) in [6.45, 7) is 2.76. The van der Waals surface area contributed by atoms with Gasteiger partial charge in [-0.15, -0.1) is 0 Å². The first-order valence-corrected chi connectivity index (χ1v) is 6.96. The van der Waals surface area contributed by atoms with Crippen LogP contribution < -0.4 is 0 Å². The molecular formula is C15H16N2O4. The lowest BCUT2D eigenvalue weighted by Crippen LogP contribution is -2.49. The largest absolute Gasteiger partial charge is 0.359 e. The zero-order valence-electron chi connectivity index (χ0n) is 11.7. The zero-order chi connectivity index (χ0) is 15.0. The summed E-state index contributed by atoms with van der Waals surface area (Å²) in [7, 11) is 0. The van der Waals surface area contributed by atoms with E-state index in [9.17, 15) is 14.4 Å². The van der Waals surface area contributed by atoms with Gasteiger partial charge in [-0.2, -0.15) is 0 Å². The highest BCUT2D eigenvalue weighted by atomic mass is 16.5. The second-order valence-electron chi connectivity index (χ2n) is 5.15. The summed E-state index contributed by atoms with van der Waals surface area (Å²) in [5.74, 6) is -1.08. The molecule has 0 aromatic heterocycles. The third-order valence-electron chi connectivity index (χ3n) is 3.83. The van der Waals surface area contributed by atoms with Crippen molar-refractivity contribution in [2.45, 2.75) is 19.6 Å². The number of hydrogen-bond donors (Lipinski definition) is 0. The number of carbonyl (C=O) groups is 3. The van der Waals surface area contributed by atoms with E-state index in [4.69, 9.17) is 4.74 Å². The van der Waals surface area contributed by atoms with E-state index in [0.29, 0.717) is 24.3 Å². The molecule has 0 radical (unpaired) electrons. The van der Waals surface area contributed by atoms with Crippen LogP contribution in [-0.4, -0.2) is 53.4 Å². The quantitative estimate of drug-likeness (QED) is 0.758. The van der Waals surface area contributed by atoms with Gasteiger partial charge in [-0.05, 0) is 25.5 Å². The Morgan fingerprint density at radius 1 is 1.24 bits per heavy atom. The Morgan fingerprint density at radius 3 is 2.43 bits per heavy atom. The SMILES string of the molecule is CC1OCCCN1C(=O)CN1C(=O)c2ccccc2C1=O. The number of benzene rings is 1. The van der Waals surface area contributed by atoms with Crippen molar-refractivity contribution in [3.05, 3.63) is 35.4 Å². The molecule has 2 heterocycles. The van der Waals surface area contributed by atoms with Crippen LogP contribution >= 0.6 is 0 Å². The fourth-order valence-electron chi connectivity index (χ4n) is 2.70. The highest BCUT2D eigenvalue weighted by Crippen LogP contribution is 2.22. The van der Waals surface area contributed by atoms with Gasteiger partial charge in [0.25, 0.3) is 11.8 Å². The van der Waals surface area contributed by atoms with Crippen LogP contribution in [-0.2, 0) is 9.53 Å². The molecule has 110 valence electrons. The fourth-order valence-corrected chi connectivity index (χ4v) is 2.70. The molecule has 0 saturated carbocycles. The van der Waals surface area contributed by atoms with E-state index in [1.165, 1.54) is 0 Å². The molecule has 21 heavy (non-hydrogen) atoms. The minimum atomic E-state index is -0.408. The Balaban J connectivity index is 1.76. The van der Waals surface area contributed by atoms with Crippen LogP contribution in [0.5, 0.6) is 0 Å². The number of hydrogen-bond acceptors (Lipinski definition) is 4. The van der Waals surface area contributed by atoms with Crippen molar-refractivity contribution in [3.63, 3.8) is 0 Å². The zero-order valence-corrected chi connectivity index (χ0v) is 11.7. The summed E-state index contributed by atoms with van der Waals surface area (Å²) in [4.78, 5) is 39.3. The molecule has 1 aromatic carbocycles. The molecule has 0 aliphatic carbocycles. The Hall–Kier alpha value is -2.21. The number of carbonyl (C=O) groups excluding carboxylic acids is 3. The summed E-state index contributed by atoms with van der Waals surface area (Å²) in [5, 5.41) is 0. The smallest absolute Gasteiger partial charge is 0.262 e. The normalized spacial score (nSPS) is 21.7. The highest BCUT2D eigenvalue weighted by Gasteiger charge is 2.37. The van der Waals surface area contributed by atoms with E-state index >= 15 is 0 Å². The van der Waals surface area contributed by atoms with Gasteiger partial charge in [0.05, 0.1) is 17.7 Å². The molecule has 1 aromatic rings. The standard InChI is InChI=1S/C15H16N2O4/c1-10-16(7-4-8-21-10)13(18)9-17-14(19)11-5-2-3-6-12(11)15(17)20/h2-3,5-6,10H,4,7-9H2,1H3. The Labute approximate surface area is 122 Å². The van der Waals surface area contributed by atoms with Crippen LogP contribution in [0, 0.1) is 0 Å². The van der Waals surface area contributed by atoms with Crippen molar-refractivity contribution in [2.75, 3.05) is 19.7 Å². The maximum Gasteiger partial charge on any atom is 0.262 e. The number of nitrogens with zero attached hydrogens (tertiary/aromatic N) is 2. The molecule has 2 aliphatic rings. The molecule has 6 heteroatoms. The average molecular weight is 288 g/mol. The molecule has 3 rings (SSSR count). The Bertz CT molecular complexity index is 578. The molecule has 6 nitrogen and oxygen atoms in total. The fraction of sp³-hybridized carbons (Fsp3) is 0.400. The van der Waals surface area contributed by atoms with Gasteiger partial charge < -0.3 is 9.64 Å². The van der Waals surface area contributed by atoms with Crippen LogP contribution in [0.4, 0.5) is 0 Å². The average Bonchev–Trinajstić information content (AvgIpc) is 2.73. The Kier molecular flexibility index (Phi) is 3.47. The maximum absolute atomic E-state index is 12.3. The maximum atomic E-state index is 12.3. The first-order valence-electron chi connectivity index (χ1n) is 6.96. The van der Waals surface area contributed by atoms with E-state index in [0.717, 1.165) is 11.3 Å². The first kappa shape index (κ1) is 13.8. The minimum absolute atomic E-state index is 0.236. The van der Waals surface area contributed by atoms with E-state index in [1.807, 2.05) is 0 Å². The second kappa shape index (κ2) is 5.29. The number of ether oxygens (including phenoxy) is 1. The molecule has 0 spiro atoms. The van der Waals surface area contributed by atoms with E-state index in [-0.39, 0.29) is 18.7 Å². The van der Waals surface area contributed by atoms with Crippen molar-refractivity contribution >= 4 is 17.7 Å². The summed E-state index contributed by atoms with van der Waals surface area (Å²) >= 11 is 0. The number of imide groups is 1. The van der Waals surface area contributed by atoms with Gasteiger partial charge in [0.2, 0.25) is 5.91 Å². The number of fused-ring (bicyclic) bond motifs is 1. The van der Waals surface area contributed by atoms with Gasteiger partial charge in [-0.1, -0.05) is 12.1 Å². The summed E-state index contributed by atoms with van der Waals surface area (Å²) in [6, 6.07) is 6.62. The third kappa shape index (κ3) is 2.31.